The molecule has 0 heterocycles. The molecule has 18 heavy (non-hydrogen) atoms. The number of aliphatic hydroxyl groups is 1. The summed E-state index contributed by atoms with van der Waals surface area (Å²) in [5, 5.41) is 13.2. The van der Waals surface area contributed by atoms with Crippen molar-refractivity contribution in [2.24, 2.45) is 5.92 Å². The molecule has 1 aromatic carbocycles. The summed E-state index contributed by atoms with van der Waals surface area (Å²) in [6.45, 7) is 5.23. The van der Waals surface area contributed by atoms with Gasteiger partial charge in [0.15, 0.2) is 0 Å². The summed E-state index contributed by atoms with van der Waals surface area (Å²) in [5.41, 5.74) is 1.15. The highest BCUT2D eigenvalue weighted by molar-refractivity contribution is 5.16. The van der Waals surface area contributed by atoms with Gasteiger partial charge in [0.1, 0.15) is 0 Å². The van der Waals surface area contributed by atoms with Crippen molar-refractivity contribution < 1.29 is 9.84 Å². The summed E-state index contributed by atoms with van der Waals surface area (Å²) in [7, 11) is 0. The third-order valence-corrected chi connectivity index (χ3v) is 3.53. The molecular weight excluding hydrogens is 226 g/mol. The van der Waals surface area contributed by atoms with E-state index in [4.69, 9.17) is 4.74 Å². The Hall–Kier alpha value is -0.900. The molecule has 0 spiro atoms. The van der Waals surface area contributed by atoms with Crippen LogP contribution in [0.15, 0.2) is 30.3 Å². The first-order valence-corrected chi connectivity index (χ1v) is 6.75. The van der Waals surface area contributed by atoms with Gasteiger partial charge in [-0.3, -0.25) is 0 Å². The zero-order valence-corrected chi connectivity index (χ0v) is 11.2. The van der Waals surface area contributed by atoms with Crippen LogP contribution < -0.4 is 5.32 Å². The highest BCUT2D eigenvalue weighted by Gasteiger charge is 2.32. The van der Waals surface area contributed by atoms with Crippen molar-refractivity contribution in [2.45, 2.75) is 38.5 Å². The Morgan fingerprint density at radius 1 is 1.39 bits per heavy atom. The zero-order valence-electron chi connectivity index (χ0n) is 11.2. The maximum Gasteiger partial charge on any atom is 0.0898 e. The minimum Gasteiger partial charge on any atom is -0.389 e. The van der Waals surface area contributed by atoms with E-state index < -0.39 is 6.10 Å². The van der Waals surface area contributed by atoms with Gasteiger partial charge in [0.25, 0.3) is 0 Å². The SMILES string of the molecule is CC(OCC(O)CNC1CC1C)c1ccccc1. The molecule has 0 radical (unpaired) electrons. The van der Waals surface area contributed by atoms with Crippen molar-refractivity contribution in [1.82, 2.24) is 5.32 Å². The number of nitrogens with one attached hydrogen (secondary N) is 1. The number of benzene rings is 1. The molecule has 1 aliphatic rings. The van der Waals surface area contributed by atoms with Crippen LogP contribution in [0.4, 0.5) is 0 Å². The highest BCUT2D eigenvalue weighted by atomic mass is 16.5. The lowest BCUT2D eigenvalue weighted by molar-refractivity contribution is -0.00221. The lowest BCUT2D eigenvalue weighted by Crippen LogP contribution is -2.32. The second-order valence-electron chi connectivity index (χ2n) is 5.27. The van der Waals surface area contributed by atoms with Crippen molar-refractivity contribution >= 4 is 0 Å². The number of hydrogen-bond acceptors (Lipinski definition) is 3. The minimum atomic E-state index is -0.427. The van der Waals surface area contributed by atoms with Crippen molar-refractivity contribution in [3.8, 4) is 0 Å². The largest absolute Gasteiger partial charge is 0.389 e. The topological polar surface area (TPSA) is 41.5 Å². The monoisotopic (exact) mass is 249 g/mol. The third-order valence-electron chi connectivity index (χ3n) is 3.53. The number of ether oxygens (including phenoxy) is 1. The molecule has 0 aromatic heterocycles. The van der Waals surface area contributed by atoms with Gasteiger partial charge in [-0.15, -0.1) is 0 Å². The molecule has 3 heteroatoms. The summed E-state index contributed by atoms with van der Waals surface area (Å²) in [6.07, 6.45) is 0.832. The predicted octanol–water partition coefficient (Wildman–Crippen LogP) is 2.12. The highest BCUT2D eigenvalue weighted by Crippen LogP contribution is 2.28. The Morgan fingerprint density at radius 2 is 2.06 bits per heavy atom. The minimum absolute atomic E-state index is 0.0284. The maximum absolute atomic E-state index is 9.82. The lowest BCUT2D eigenvalue weighted by Gasteiger charge is -2.17. The predicted molar refractivity (Wildman–Crippen MR) is 72.4 cm³/mol. The van der Waals surface area contributed by atoms with E-state index in [-0.39, 0.29) is 6.10 Å². The van der Waals surface area contributed by atoms with Crippen LogP contribution in [0.25, 0.3) is 0 Å². The molecule has 0 bridgehead atoms. The molecule has 4 atom stereocenters. The molecule has 4 unspecified atom stereocenters. The second kappa shape index (κ2) is 6.32. The first kappa shape index (κ1) is 13.5. The Kier molecular flexibility index (Phi) is 4.75. The van der Waals surface area contributed by atoms with Crippen LogP contribution in [-0.4, -0.2) is 30.4 Å². The van der Waals surface area contributed by atoms with Crippen LogP contribution in [0.3, 0.4) is 0 Å². The van der Waals surface area contributed by atoms with Crippen LogP contribution in [0.5, 0.6) is 0 Å². The van der Waals surface area contributed by atoms with Crippen molar-refractivity contribution in [3.63, 3.8) is 0 Å². The van der Waals surface area contributed by atoms with E-state index in [0.29, 0.717) is 19.2 Å². The van der Waals surface area contributed by atoms with Gasteiger partial charge in [-0.1, -0.05) is 37.3 Å². The van der Waals surface area contributed by atoms with E-state index in [1.54, 1.807) is 0 Å². The fourth-order valence-electron chi connectivity index (χ4n) is 2.03. The van der Waals surface area contributed by atoms with E-state index >= 15 is 0 Å². The summed E-state index contributed by atoms with van der Waals surface area (Å²) < 4.78 is 5.68. The third kappa shape index (κ3) is 4.09. The standard InChI is InChI=1S/C15H23NO2/c1-11-8-15(11)16-9-14(17)10-18-12(2)13-6-4-3-5-7-13/h3-7,11-12,14-17H,8-10H2,1-2H3. The molecule has 1 aromatic rings. The van der Waals surface area contributed by atoms with Gasteiger partial charge in [0, 0.05) is 12.6 Å². The molecule has 1 fully saturated rings. The summed E-state index contributed by atoms with van der Waals surface area (Å²) in [6, 6.07) is 10.7. The molecule has 2 N–H and O–H groups in total. The van der Waals surface area contributed by atoms with Crippen LogP contribution >= 0.6 is 0 Å². The van der Waals surface area contributed by atoms with Crippen LogP contribution in [0, 0.1) is 5.92 Å². The van der Waals surface area contributed by atoms with E-state index in [2.05, 4.69) is 12.2 Å². The van der Waals surface area contributed by atoms with E-state index in [9.17, 15) is 5.11 Å². The van der Waals surface area contributed by atoms with Gasteiger partial charge in [0.2, 0.25) is 0 Å². The van der Waals surface area contributed by atoms with E-state index in [0.717, 1.165) is 11.5 Å². The number of hydrogen-bond donors (Lipinski definition) is 2. The van der Waals surface area contributed by atoms with E-state index in [1.165, 1.54) is 6.42 Å². The molecule has 1 saturated carbocycles. The quantitative estimate of drug-likeness (QED) is 0.778. The zero-order chi connectivity index (χ0) is 13.0. The fourth-order valence-corrected chi connectivity index (χ4v) is 2.03. The normalized spacial score (nSPS) is 25.7. The average molecular weight is 249 g/mol. The smallest absolute Gasteiger partial charge is 0.0898 e. The van der Waals surface area contributed by atoms with Gasteiger partial charge in [0.05, 0.1) is 18.8 Å². The van der Waals surface area contributed by atoms with Gasteiger partial charge in [-0.2, -0.15) is 0 Å². The summed E-state index contributed by atoms with van der Waals surface area (Å²) in [4.78, 5) is 0. The number of aliphatic hydroxyl groups excluding tert-OH is 1. The molecule has 100 valence electrons. The van der Waals surface area contributed by atoms with Gasteiger partial charge >= 0.3 is 0 Å². The second-order valence-corrected chi connectivity index (χ2v) is 5.27. The number of rotatable bonds is 7. The molecule has 2 rings (SSSR count). The average Bonchev–Trinajstić information content (AvgIpc) is 3.10. The lowest BCUT2D eigenvalue weighted by atomic mass is 10.1. The Bertz CT molecular complexity index is 355. The molecular formula is C15H23NO2. The van der Waals surface area contributed by atoms with Crippen molar-refractivity contribution in [3.05, 3.63) is 35.9 Å². The first-order chi connectivity index (χ1) is 8.66. The Morgan fingerprint density at radius 3 is 2.67 bits per heavy atom. The van der Waals surface area contributed by atoms with Crippen molar-refractivity contribution in [1.29, 1.82) is 0 Å². The van der Waals surface area contributed by atoms with Crippen LogP contribution in [0.1, 0.15) is 31.9 Å². The maximum atomic E-state index is 9.82. The van der Waals surface area contributed by atoms with Gasteiger partial charge < -0.3 is 15.2 Å². The van der Waals surface area contributed by atoms with Crippen LogP contribution in [-0.2, 0) is 4.74 Å². The molecule has 0 amide bonds. The summed E-state index contributed by atoms with van der Waals surface area (Å²) >= 11 is 0. The molecule has 3 nitrogen and oxygen atoms in total. The first-order valence-electron chi connectivity index (χ1n) is 6.75. The van der Waals surface area contributed by atoms with Gasteiger partial charge in [-0.25, -0.2) is 0 Å². The fraction of sp³-hybridized carbons (Fsp3) is 0.600. The molecule has 0 saturated heterocycles. The Labute approximate surface area is 109 Å². The van der Waals surface area contributed by atoms with Crippen molar-refractivity contribution in [2.75, 3.05) is 13.2 Å². The van der Waals surface area contributed by atoms with Crippen LogP contribution in [0.2, 0.25) is 0 Å². The van der Waals surface area contributed by atoms with Gasteiger partial charge in [-0.05, 0) is 24.8 Å². The molecule has 1 aliphatic carbocycles. The Balaban J connectivity index is 1.64. The van der Waals surface area contributed by atoms with E-state index in [1.807, 2.05) is 37.3 Å². The summed E-state index contributed by atoms with van der Waals surface area (Å²) in [5.74, 6) is 0.765. The molecule has 0 aliphatic heterocycles.